The molecule has 6 N–H and O–H groups in total. The van der Waals surface area contributed by atoms with Crippen molar-refractivity contribution < 1.29 is 14.0 Å². The first-order valence-corrected chi connectivity index (χ1v) is 11.6. The molecule has 0 aliphatic carbocycles. The summed E-state index contributed by atoms with van der Waals surface area (Å²) in [7, 11) is 0. The molecule has 1 amide bonds. The number of halogens is 1. The van der Waals surface area contributed by atoms with Crippen molar-refractivity contribution in [1.82, 2.24) is 8.94 Å². The molecule has 0 aliphatic rings. The molecule has 9 nitrogen and oxygen atoms in total. The number of hydrogen-bond acceptors (Lipinski definition) is 8. The van der Waals surface area contributed by atoms with E-state index >= 15 is 0 Å². The third-order valence-electron chi connectivity index (χ3n) is 5.49. The highest BCUT2D eigenvalue weighted by atomic mass is 32.1. The molecular weight excluding hydrogens is 483 g/mol. The lowest BCUT2D eigenvalue weighted by Gasteiger charge is -2.23. The zero-order chi connectivity index (χ0) is 25.8. The highest BCUT2D eigenvalue weighted by molar-refractivity contribution is 7.10. The Kier molecular flexibility index (Phi) is 7.23. The SMILES string of the molecule is Cc1cc(Nc2cc(NC(C=O)C(N)c3ccc(-n4ccccc4=O)cc3)c(F)cc2C(N)=O)sn1. The van der Waals surface area contributed by atoms with Crippen LogP contribution in [0, 0.1) is 12.7 Å². The molecular formula is C25H23FN6O3S. The lowest BCUT2D eigenvalue weighted by Crippen LogP contribution is -2.35. The number of nitrogens with two attached hydrogens (primary N) is 2. The number of carbonyl (C=O) groups excluding carboxylic acids is 2. The molecule has 2 aromatic carbocycles. The maximum atomic E-state index is 14.9. The predicted molar refractivity (Wildman–Crippen MR) is 137 cm³/mol. The molecule has 0 bridgehead atoms. The molecule has 0 saturated heterocycles. The van der Waals surface area contributed by atoms with E-state index in [1.54, 1.807) is 48.7 Å². The minimum Gasteiger partial charge on any atom is -0.372 e. The minimum atomic E-state index is -0.997. The number of nitrogens with one attached hydrogen (secondary N) is 2. The van der Waals surface area contributed by atoms with Crippen LogP contribution in [0.1, 0.15) is 27.7 Å². The van der Waals surface area contributed by atoms with Gasteiger partial charge >= 0.3 is 0 Å². The van der Waals surface area contributed by atoms with Gasteiger partial charge in [-0.2, -0.15) is 4.37 Å². The highest BCUT2D eigenvalue weighted by Gasteiger charge is 2.22. The van der Waals surface area contributed by atoms with E-state index in [0.717, 1.165) is 11.8 Å². The van der Waals surface area contributed by atoms with E-state index in [1.165, 1.54) is 28.2 Å². The third-order valence-corrected chi connectivity index (χ3v) is 6.29. The van der Waals surface area contributed by atoms with Gasteiger partial charge in [-0.15, -0.1) is 0 Å². The molecule has 0 radical (unpaired) electrons. The Morgan fingerprint density at radius 2 is 1.89 bits per heavy atom. The van der Waals surface area contributed by atoms with E-state index in [1.807, 2.05) is 6.92 Å². The van der Waals surface area contributed by atoms with E-state index in [4.69, 9.17) is 11.5 Å². The summed E-state index contributed by atoms with van der Waals surface area (Å²) in [4.78, 5) is 35.9. The lowest BCUT2D eigenvalue weighted by molar-refractivity contribution is -0.108. The van der Waals surface area contributed by atoms with Gasteiger partial charge in [0.15, 0.2) is 0 Å². The number of hydrogen-bond donors (Lipinski definition) is 4. The number of rotatable bonds is 9. The maximum absolute atomic E-state index is 14.9. The van der Waals surface area contributed by atoms with E-state index < -0.39 is 23.8 Å². The van der Waals surface area contributed by atoms with Crippen molar-refractivity contribution in [3.8, 4) is 5.69 Å². The summed E-state index contributed by atoms with van der Waals surface area (Å²) in [6.07, 6.45) is 2.23. The van der Waals surface area contributed by atoms with Gasteiger partial charge in [0.1, 0.15) is 23.1 Å². The second-order valence-electron chi connectivity index (χ2n) is 8.03. The number of aryl methyl sites for hydroxylation is 1. The number of benzene rings is 2. The normalized spacial score (nSPS) is 12.5. The van der Waals surface area contributed by atoms with Crippen molar-refractivity contribution in [2.24, 2.45) is 11.5 Å². The Hall–Kier alpha value is -4.35. The number of pyridine rings is 1. The molecule has 2 atom stereocenters. The quantitative estimate of drug-likeness (QED) is 0.255. The average Bonchev–Trinajstić information content (AvgIpc) is 3.28. The number of nitrogens with zero attached hydrogens (tertiary/aromatic N) is 2. The summed E-state index contributed by atoms with van der Waals surface area (Å²) in [5.41, 5.74) is 13.7. The van der Waals surface area contributed by atoms with E-state index in [9.17, 15) is 18.8 Å². The molecule has 0 spiro atoms. The summed E-state index contributed by atoms with van der Waals surface area (Å²) in [6.45, 7) is 1.81. The van der Waals surface area contributed by atoms with E-state index in [-0.39, 0.29) is 22.5 Å². The Balaban J connectivity index is 1.59. The molecule has 0 fully saturated rings. The van der Waals surface area contributed by atoms with Crippen LogP contribution in [0.15, 0.2) is 71.7 Å². The summed E-state index contributed by atoms with van der Waals surface area (Å²) in [6, 6.07) is 13.9. The Morgan fingerprint density at radius 3 is 2.50 bits per heavy atom. The van der Waals surface area contributed by atoms with E-state index in [2.05, 4.69) is 15.0 Å². The molecule has 2 heterocycles. The zero-order valence-electron chi connectivity index (χ0n) is 19.1. The second-order valence-corrected chi connectivity index (χ2v) is 8.84. The monoisotopic (exact) mass is 506 g/mol. The van der Waals surface area contributed by atoms with Gasteiger partial charge in [-0.25, -0.2) is 4.39 Å². The largest absolute Gasteiger partial charge is 0.372 e. The van der Waals surface area contributed by atoms with Crippen molar-refractivity contribution in [2.75, 3.05) is 10.6 Å². The van der Waals surface area contributed by atoms with Crippen LogP contribution in [0.5, 0.6) is 0 Å². The van der Waals surface area contributed by atoms with Crippen LogP contribution in [-0.4, -0.2) is 27.2 Å². The van der Waals surface area contributed by atoms with E-state index in [0.29, 0.717) is 22.5 Å². The lowest BCUT2D eigenvalue weighted by atomic mass is 10.00. The summed E-state index contributed by atoms with van der Waals surface area (Å²) in [5.74, 6) is -1.59. The Bertz CT molecular complexity index is 1470. The van der Waals surface area contributed by atoms with Gasteiger partial charge in [0.2, 0.25) is 0 Å². The molecule has 184 valence electrons. The molecule has 4 aromatic rings. The smallest absolute Gasteiger partial charge is 0.255 e. The maximum Gasteiger partial charge on any atom is 0.255 e. The highest BCUT2D eigenvalue weighted by Crippen LogP contribution is 2.30. The summed E-state index contributed by atoms with van der Waals surface area (Å²) >= 11 is 1.17. The van der Waals surface area contributed by atoms with Gasteiger partial charge in [0.05, 0.1) is 28.7 Å². The van der Waals surface area contributed by atoms with Crippen LogP contribution in [-0.2, 0) is 4.79 Å². The van der Waals surface area contributed by atoms with Gasteiger partial charge in [-0.05, 0) is 60.4 Å². The van der Waals surface area contributed by atoms with Gasteiger partial charge in [-0.3, -0.25) is 14.2 Å². The number of primary amides is 1. The Morgan fingerprint density at radius 1 is 1.14 bits per heavy atom. The van der Waals surface area contributed by atoms with Crippen LogP contribution in [0.25, 0.3) is 5.69 Å². The zero-order valence-corrected chi connectivity index (χ0v) is 20.0. The molecule has 0 saturated carbocycles. The predicted octanol–water partition coefficient (Wildman–Crippen LogP) is 3.26. The molecule has 2 aromatic heterocycles. The molecule has 11 heteroatoms. The van der Waals surface area contributed by atoms with Crippen LogP contribution < -0.4 is 27.7 Å². The van der Waals surface area contributed by atoms with Gasteiger partial charge < -0.3 is 26.9 Å². The molecule has 4 rings (SSSR count). The Labute approximate surface area is 209 Å². The molecule has 36 heavy (non-hydrogen) atoms. The van der Waals surface area contributed by atoms with Gasteiger partial charge in [0, 0.05) is 18.0 Å². The fourth-order valence-electron chi connectivity index (χ4n) is 3.64. The number of aldehydes is 1. The fourth-order valence-corrected chi connectivity index (χ4v) is 4.31. The standard InChI is InChI=1S/C25H23FN6O3S/c1-14-10-22(36-31-14)30-19-12-20(18(26)11-17(19)25(28)35)29-21(13-33)24(27)15-5-7-16(8-6-15)32-9-3-2-4-23(32)34/h2-13,21,24,29-30H,27H2,1H3,(H2,28,35). The van der Waals surface area contributed by atoms with Crippen LogP contribution in [0.2, 0.25) is 0 Å². The first kappa shape index (κ1) is 24.8. The van der Waals surface area contributed by atoms with Crippen LogP contribution in [0.4, 0.5) is 20.8 Å². The first-order chi connectivity index (χ1) is 17.3. The van der Waals surface area contributed by atoms with Crippen molar-refractivity contribution in [3.05, 3.63) is 99.9 Å². The number of aromatic nitrogens is 2. The third kappa shape index (κ3) is 5.32. The van der Waals surface area contributed by atoms with Crippen LogP contribution >= 0.6 is 11.5 Å². The first-order valence-electron chi connectivity index (χ1n) is 10.9. The average molecular weight is 507 g/mol. The number of anilines is 3. The topological polar surface area (TPSA) is 145 Å². The van der Waals surface area contributed by atoms with Crippen molar-refractivity contribution >= 4 is 40.1 Å². The minimum absolute atomic E-state index is 0.0382. The second kappa shape index (κ2) is 10.5. The van der Waals surface area contributed by atoms with Crippen molar-refractivity contribution in [2.45, 2.75) is 19.0 Å². The van der Waals surface area contributed by atoms with Crippen molar-refractivity contribution in [3.63, 3.8) is 0 Å². The van der Waals surface area contributed by atoms with Gasteiger partial charge in [0.25, 0.3) is 11.5 Å². The summed E-state index contributed by atoms with van der Waals surface area (Å²) in [5, 5.41) is 6.48. The van der Waals surface area contributed by atoms with Gasteiger partial charge in [-0.1, -0.05) is 18.2 Å². The molecule has 0 aliphatic heterocycles. The van der Waals surface area contributed by atoms with Crippen LogP contribution in [0.3, 0.4) is 0 Å². The number of amides is 1. The molecule has 2 unspecified atom stereocenters. The fraction of sp³-hybridized carbons (Fsp3) is 0.120. The summed E-state index contributed by atoms with van der Waals surface area (Å²) < 4.78 is 20.5. The van der Waals surface area contributed by atoms with Crippen molar-refractivity contribution in [1.29, 1.82) is 0 Å². The number of carbonyl (C=O) groups is 2.